The smallest absolute Gasteiger partial charge is 0.255 e. The van der Waals surface area contributed by atoms with Gasteiger partial charge in [0, 0.05) is 21.7 Å². The van der Waals surface area contributed by atoms with Crippen molar-refractivity contribution in [2.24, 2.45) is 5.73 Å². The number of carbonyl (C=O) groups is 2. The molecule has 5 nitrogen and oxygen atoms in total. The summed E-state index contributed by atoms with van der Waals surface area (Å²) in [6.45, 7) is 2.00. The van der Waals surface area contributed by atoms with Crippen LogP contribution in [0.25, 0.3) is 0 Å². The monoisotopic (exact) mass is 525 g/mol. The lowest BCUT2D eigenvalue weighted by Crippen LogP contribution is -2.62. The highest BCUT2D eigenvalue weighted by Gasteiger charge is 2.40. The van der Waals surface area contributed by atoms with Gasteiger partial charge in [-0.2, -0.15) is 0 Å². The first-order valence-corrected chi connectivity index (χ1v) is 12.7. The van der Waals surface area contributed by atoms with E-state index in [0.29, 0.717) is 12.0 Å². The molecule has 2 aliphatic rings. The quantitative estimate of drug-likeness (QED) is 0.511. The molecular formula is C24H36IN3O2. The van der Waals surface area contributed by atoms with E-state index in [1.54, 1.807) is 0 Å². The van der Waals surface area contributed by atoms with Crippen LogP contribution >= 0.6 is 22.6 Å². The summed E-state index contributed by atoms with van der Waals surface area (Å²) < 4.78 is 0.914. The van der Waals surface area contributed by atoms with Crippen molar-refractivity contribution in [3.8, 4) is 0 Å². The van der Waals surface area contributed by atoms with Crippen LogP contribution in [0.2, 0.25) is 0 Å². The molecule has 0 spiro atoms. The molecule has 0 heterocycles. The molecule has 0 radical (unpaired) electrons. The summed E-state index contributed by atoms with van der Waals surface area (Å²) in [7, 11) is 0. The SMILES string of the molecule is CCC(N)C(C(=O)NC1CCCCC1)N(C(=O)c1ccccc1I)C1CCCCC1. The molecule has 1 aromatic carbocycles. The molecule has 0 saturated heterocycles. The lowest BCUT2D eigenvalue weighted by Gasteiger charge is -2.42. The molecular weight excluding hydrogens is 489 g/mol. The summed E-state index contributed by atoms with van der Waals surface area (Å²) >= 11 is 2.21. The van der Waals surface area contributed by atoms with Crippen LogP contribution in [-0.4, -0.2) is 40.9 Å². The minimum atomic E-state index is -0.622. The summed E-state index contributed by atoms with van der Waals surface area (Å²) in [6, 6.07) is 6.93. The number of nitrogens with two attached hydrogens (primary N) is 1. The predicted molar refractivity (Wildman–Crippen MR) is 129 cm³/mol. The number of benzene rings is 1. The highest BCUT2D eigenvalue weighted by Crippen LogP contribution is 2.29. The van der Waals surface area contributed by atoms with Gasteiger partial charge < -0.3 is 16.0 Å². The van der Waals surface area contributed by atoms with E-state index < -0.39 is 6.04 Å². The molecule has 2 fully saturated rings. The van der Waals surface area contributed by atoms with Crippen LogP contribution in [-0.2, 0) is 4.79 Å². The lowest BCUT2D eigenvalue weighted by atomic mass is 9.90. The average Bonchev–Trinajstić information content (AvgIpc) is 2.78. The third-order valence-electron chi connectivity index (χ3n) is 6.70. The molecule has 3 rings (SSSR count). The predicted octanol–water partition coefficient (Wildman–Crippen LogP) is 4.62. The van der Waals surface area contributed by atoms with Crippen LogP contribution in [0.1, 0.15) is 87.9 Å². The number of nitrogens with one attached hydrogen (secondary N) is 1. The third-order valence-corrected chi connectivity index (χ3v) is 7.64. The maximum absolute atomic E-state index is 13.8. The summed E-state index contributed by atoms with van der Waals surface area (Å²) in [4.78, 5) is 29.2. The number of rotatable bonds is 7. The topological polar surface area (TPSA) is 75.4 Å². The van der Waals surface area contributed by atoms with E-state index in [4.69, 9.17) is 5.73 Å². The van der Waals surface area contributed by atoms with E-state index in [2.05, 4.69) is 27.9 Å². The second-order valence-electron chi connectivity index (χ2n) is 8.84. The fourth-order valence-corrected chi connectivity index (χ4v) is 5.55. The second-order valence-corrected chi connectivity index (χ2v) is 10.0. The van der Waals surface area contributed by atoms with Gasteiger partial charge in [-0.05, 0) is 66.8 Å². The summed E-state index contributed by atoms with van der Waals surface area (Å²) in [5, 5.41) is 3.26. The van der Waals surface area contributed by atoms with E-state index in [1.165, 1.54) is 12.8 Å². The number of hydrogen-bond donors (Lipinski definition) is 2. The van der Waals surface area contributed by atoms with Gasteiger partial charge in [0.05, 0.1) is 5.56 Å². The summed E-state index contributed by atoms with van der Waals surface area (Å²) in [6.07, 6.45) is 11.5. The van der Waals surface area contributed by atoms with Crippen LogP contribution in [0.3, 0.4) is 0 Å². The molecule has 2 saturated carbocycles. The summed E-state index contributed by atoms with van der Waals surface area (Å²) in [5.74, 6) is -0.124. The molecule has 1 aromatic rings. The zero-order valence-corrected chi connectivity index (χ0v) is 20.3. The maximum Gasteiger partial charge on any atom is 0.255 e. The van der Waals surface area contributed by atoms with E-state index >= 15 is 0 Å². The second kappa shape index (κ2) is 11.5. The van der Waals surface area contributed by atoms with E-state index in [9.17, 15) is 9.59 Å². The van der Waals surface area contributed by atoms with Crippen LogP contribution < -0.4 is 11.1 Å². The number of amides is 2. The third kappa shape index (κ3) is 5.75. The Morgan fingerprint density at radius 3 is 2.27 bits per heavy atom. The van der Waals surface area contributed by atoms with Gasteiger partial charge in [-0.25, -0.2) is 0 Å². The van der Waals surface area contributed by atoms with Crippen LogP contribution in [0.5, 0.6) is 0 Å². The lowest BCUT2D eigenvalue weighted by molar-refractivity contribution is -0.128. The van der Waals surface area contributed by atoms with Gasteiger partial charge in [0.15, 0.2) is 0 Å². The molecule has 3 N–H and O–H groups in total. The molecule has 0 aromatic heterocycles. The zero-order valence-electron chi connectivity index (χ0n) is 18.1. The number of halogens is 1. The van der Waals surface area contributed by atoms with Crippen molar-refractivity contribution in [2.45, 2.75) is 102 Å². The van der Waals surface area contributed by atoms with Crippen molar-refractivity contribution in [3.63, 3.8) is 0 Å². The Labute approximate surface area is 194 Å². The minimum Gasteiger partial charge on any atom is -0.352 e. The summed E-state index contributed by atoms with van der Waals surface area (Å²) in [5.41, 5.74) is 7.20. The first-order chi connectivity index (χ1) is 14.5. The van der Waals surface area contributed by atoms with Crippen molar-refractivity contribution in [2.75, 3.05) is 0 Å². The van der Waals surface area contributed by atoms with Gasteiger partial charge in [0.1, 0.15) is 6.04 Å². The van der Waals surface area contributed by atoms with Crippen molar-refractivity contribution in [3.05, 3.63) is 33.4 Å². The van der Waals surface area contributed by atoms with Crippen LogP contribution in [0.4, 0.5) is 0 Å². The molecule has 166 valence electrons. The Morgan fingerprint density at radius 2 is 1.67 bits per heavy atom. The van der Waals surface area contributed by atoms with Crippen LogP contribution in [0, 0.1) is 3.57 Å². The van der Waals surface area contributed by atoms with Gasteiger partial charge in [0.2, 0.25) is 5.91 Å². The van der Waals surface area contributed by atoms with Crippen LogP contribution in [0.15, 0.2) is 24.3 Å². The number of carbonyl (C=O) groups excluding carboxylic acids is 2. The van der Waals surface area contributed by atoms with Crippen molar-refractivity contribution in [1.29, 1.82) is 0 Å². The average molecular weight is 525 g/mol. The first kappa shape index (κ1) is 23.5. The Balaban J connectivity index is 1.92. The fraction of sp³-hybridized carbons (Fsp3) is 0.667. The Morgan fingerprint density at radius 1 is 1.07 bits per heavy atom. The van der Waals surface area contributed by atoms with Crippen molar-refractivity contribution in [1.82, 2.24) is 10.2 Å². The van der Waals surface area contributed by atoms with Crippen molar-refractivity contribution >= 4 is 34.4 Å². The normalized spacial score (nSPS) is 20.4. The minimum absolute atomic E-state index is 0.0559. The highest BCUT2D eigenvalue weighted by atomic mass is 127. The molecule has 0 aliphatic heterocycles. The first-order valence-electron chi connectivity index (χ1n) is 11.7. The van der Waals surface area contributed by atoms with Gasteiger partial charge in [-0.3, -0.25) is 9.59 Å². The standard InChI is InChI=1S/C24H36IN3O2/c1-2-21(26)22(23(29)27-17-11-5-3-6-12-17)28(18-13-7-4-8-14-18)24(30)19-15-9-10-16-20(19)25/h9-10,15-18,21-22H,2-8,11-14,26H2,1H3,(H,27,29). The van der Waals surface area contributed by atoms with Gasteiger partial charge in [-0.1, -0.05) is 57.6 Å². The van der Waals surface area contributed by atoms with Gasteiger partial charge in [0.25, 0.3) is 5.91 Å². The Kier molecular flexibility index (Phi) is 8.98. The molecule has 0 bridgehead atoms. The molecule has 30 heavy (non-hydrogen) atoms. The Hall–Kier alpha value is -1.15. The zero-order chi connectivity index (χ0) is 21.5. The highest BCUT2D eigenvalue weighted by molar-refractivity contribution is 14.1. The molecule has 2 atom stereocenters. The number of nitrogens with zero attached hydrogens (tertiary/aromatic N) is 1. The number of hydrogen-bond acceptors (Lipinski definition) is 3. The van der Waals surface area contributed by atoms with E-state index in [-0.39, 0.29) is 29.9 Å². The maximum atomic E-state index is 13.8. The van der Waals surface area contributed by atoms with Crippen molar-refractivity contribution < 1.29 is 9.59 Å². The molecule has 6 heteroatoms. The molecule has 2 amide bonds. The molecule has 2 unspecified atom stereocenters. The largest absolute Gasteiger partial charge is 0.352 e. The van der Waals surface area contributed by atoms with E-state index in [1.807, 2.05) is 36.1 Å². The Bertz CT molecular complexity index is 714. The van der Waals surface area contributed by atoms with Gasteiger partial charge >= 0.3 is 0 Å². The fourth-order valence-electron chi connectivity index (χ4n) is 4.94. The van der Waals surface area contributed by atoms with Gasteiger partial charge in [-0.15, -0.1) is 0 Å². The van der Waals surface area contributed by atoms with E-state index in [0.717, 1.165) is 54.9 Å². The molecule has 2 aliphatic carbocycles.